The minimum absolute atomic E-state index is 0.00453. The lowest BCUT2D eigenvalue weighted by Gasteiger charge is -2.38. The number of unbranched alkanes of at least 4 members (excludes halogenated alkanes) is 1. The van der Waals surface area contributed by atoms with Crippen LogP contribution < -0.4 is 49.5 Å². The van der Waals surface area contributed by atoms with Crippen LogP contribution in [0.15, 0.2) is 66.7 Å². The molecule has 7 amide bonds. The van der Waals surface area contributed by atoms with E-state index < -0.39 is 78.4 Å². The van der Waals surface area contributed by atoms with E-state index >= 15 is 0 Å². The molecule has 0 spiro atoms. The Kier molecular flexibility index (Phi) is 27.8. The monoisotopic (exact) mass is 1200 g/mol. The Labute approximate surface area is 499 Å². The fourth-order valence-corrected chi connectivity index (χ4v) is 11.1. The number of nitrogens with one attached hydrogen (secondary N) is 5. The number of hydrogen-bond acceptors (Lipinski definition) is 15. The third-order valence-electron chi connectivity index (χ3n) is 15.4. The number of anilines is 1. The molecule has 2 fully saturated rings. The first-order valence-corrected chi connectivity index (χ1v) is 29.1. The van der Waals surface area contributed by atoms with E-state index in [0.29, 0.717) is 89.6 Å². The van der Waals surface area contributed by atoms with Crippen molar-refractivity contribution >= 4 is 93.0 Å². The fraction of sp³-hybridized carbons (Fsp3) is 0.534. The molecular formula is C58H83N13O13S. The zero-order valence-electron chi connectivity index (χ0n) is 47.9. The van der Waals surface area contributed by atoms with E-state index in [0.717, 1.165) is 40.4 Å². The SMILES string of the molecule is NC(=O)CN1CCN(CC(N)=O)CCN(CC(N)=O)C(Cc2ccc(NC(=S)NCC3CCC(C(=O)C[C@@H](Cc4ccc5ccccc5c4)C(=O)NCCCC[C@H](NC(=O)N[C@@H](CCC(=O)O)C(=O)O)C(=O)O)CC3)cc2)CN(CC(N)=O)CC1. The summed E-state index contributed by atoms with van der Waals surface area (Å²) in [6.07, 6.45) is 3.23. The summed E-state index contributed by atoms with van der Waals surface area (Å²) in [5, 5.41) is 44.3. The van der Waals surface area contributed by atoms with E-state index in [2.05, 4.69) is 26.6 Å². The third kappa shape index (κ3) is 25.1. The van der Waals surface area contributed by atoms with Gasteiger partial charge < -0.3 is 64.8 Å². The molecule has 5 rings (SSSR count). The Morgan fingerprint density at radius 2 is 1.16 bits per heavy atom. The maximum absolute atomic E-state index is 14.0. The molecular weight excluding hydrogens is 1120 g/mol. The van der Waals surface area contributed by atoms with Gasteiger partial charge in [0, 0.05) is 95.3 Å². The zero-order chi connectivity index (χ0) is 62.0. The normalized spacial score (nSPS) is 18.7. The summed E-state index contributed by atoms with van der Waals surface area (Å²) in [5.74, 6) is -7.22. The predicted molar refractivity (Wildman–Crippen MR) is 320 cm³/mol. The average Bonchev–Trinajstić information content (AvgIpc) is 3.58. The standard InChI is InChI=1S/C58H83N13O13S/c59-49(73)33-68-21-22-69(34-50(60)74)25-26-71(36-52(62)76)45(32-70(24-23-68)35-51(61)75)29-37-11-16-44(17-12-37)65-58(85)64-31-38-8-14-41(15-9-38)48(72)30-43(28-39-10-13-40-5-1-2-6-42(40)27-39)54(79)63-20-4-3-7-46(55(80)81)66-57(84)67-47(56(82)83)18-19-53(77)78/h1-2,5-6,10-13,16-17,27,38,41,43,45-47H,3-4,7-9,14-15,18-26,28-36H2,(H2,59,73)(H2,60,74)(H2,61,75)(H2,62,76)(H,63,79)(H,77,78)(H,80,81)(H,82,83)(H2,64,65,85)(H2,66,67,84)/t38?,41?,43-,45?,46+,47+/m1/s1. The summed E-state index contributed by atoms with van der Waals surface area (Å²) in [6.45, 7) is 3.07. The number of primary amides is 4. The van der Waals surface area contributed by atoms with Crippen molar-refractivity contribution in [1.82, 2.24) is 40.9 Å². The van der Waals surface area contributed by atoms with Gasteiger partial charge in [-0.2, -0.15) is 0 Å². The second-order valence-corrected chi connectivity index (χ2v) is 22.5. The van der Waals surface area contributed by atoms with Crippen LogP contribution in [0, 0.1) is 17.8 Å². The first kappa shape index (κ1) is 67.9. The average molecular weight is 1200 g/mol. The van der Waals surface area contributed by atoms with Gasteiger partial charge in [-0.05, 0) is 116 Å². The number of carbonyl (C=O) groups is 10. The fourth-order valence-electron chi connectivity index (χ4n) is 10.9. The zero-order valence-corrected chi connectivity index (χ0v) is 48.7. The molecule has 3 aromatic carbocycles. The van der Waals surface area contributed by atoms with Crippen LogP contribution in [0.1, 0.15) is 75.3 Å². The predicted octanol–water partition coefficient (Wildman–Crippen LogP) is 0.181. The van der Waals surface area contributed by atoms with Gasteiger partial charge in [0.05, 0.1) is 26.2 Å². The topological polar surface area (TPSA) is 409 Å². The number of ketones is 1. The summed E-state index contributed by atoms with van der Waals surface area (Å²) >= 11 is 5.70. The van der Waals surface area contributed by atoms with E-state index in [9.17, 15) is 58.2 Å². The van der Waals surface area contributed by atoms with Gasteiger partial charge in [-0.3, -0.25) is 53.2 Å². The second-order valence-electron chi connectivity index (χ2n) is 22.1. The van der Waals surface area contributed by atoms with E-state index in [-0.39, 0.29) is 81.6 Å². The highest BCUT2D eigenvalue weighted by Crippen LogP contribution is 2.31. The van der Waals surface area contributed by atoms with Crippen LogP contribution in [-0.4, -0.2) is 202 Å². The lowest BCUT2D eigenvalue weighted by Crippen LogP contribution is -2.54. The molecule has 0 radical (unpaired) electrons. The van der Waals surface area contributed by atoms with Crippen molar-refractivity contribution in [3.63, 3.8) is 0 Å². The first-order chi connectivity index (χ1) is 40.5. The summed E-state index contributed by atoms with van der Waals surface area (Å²) in [4.78, 5) is 131. The van der Waals surface area contributed by atoms with Crippen molar-refractivity contribution in [2.24, 2.45) is 40.7 Å². The molecule has 4 atom stereocenters. The molecule has 0 bridgehead atoms. The molecule has 1 saturated carbocycles. The number of amides is 7. The molecule has 1 heterocycles. The van der Waals surface area contributed by atoms with Crippen molar-refractivity contribution in [3.8, 4) is 0 Å². The van der Waals surface area contributed by atoms with Crippen LogP contribution in [0.3, 0.4) is 0 Å². The van der Waals surface area contributed by atoms with Gasteiger partial charge in [0.25, 0.3) is 0 Å². The molecule has 1 unspecified atom stereocenters. The number of rotatable bonds is 31. The molecule has 464 valence electrons. The lowest BCUT2D eigenvalue weighted by atomic mass is 9.77. The largest absolute Gasteiger partial charge is 0.481 e. The van der Waals surface area contributed by atoms with Crippen LogP contribution in [-0.2, 0) is 56.0 Å². The highest BCUT2D eigenvalue weighted by molar-refractivity contribution is 7.80. The molecule has 2 aliphatic rings. The number of carbonyl (C=O) groups excluding carboxylic acids is 7. The van der Waals surface area contributed by atoms with E-state index in [1.807, 2.05) is 86.3 Å². The molecule has 16 N–H and O–H groups in total. The van der Waals surface area contributed by atoms with Crippen LogP contribution in [0.5, 0.6) is 0 Å². The number of carboxylic acids is 3. The Morgan fingerprint density at radius 3 is 1.75 bits per heavy atom. The van der Waals surface area contributed by atoms with Crippen molar-refractivity contribution < 1.29 is 63.3 Å². The molecule has 27 heteroatoms. The summed E-state index contributed by atoms with van der Waals surface area (Å²) in [5.41, 5.74) is 25.1. The number of nitrogens with zero attached hydrogens (tertiary/aromatic N) is 4. The Bertz CT molecular complexity index is 2800. The molecule has 1 aliphatic carbocycles. The van der Waals surface area contributed by atoms with Gasteiger partial charge in [-0.25, -0.2) is 14.4 Å². The molecule has 3 aromatic rings. The second kappa shape index (κ2) is 34.8. The van der Waals surface area contributed by atoms with Crippen molar-refractivity contribution in [3.05, 3.63) is 77.9 Å². The molecule has 0 aromatic heterocycles. The van der Waals surface area contributed by atoms with Crippen molar-refractivity contribution in [2.75, 3.05) is 90.4 Å². The first-order valence-electron chi connectivity index (χ1n) is 28.7. The van der Waals surface area contributed by atoms with Crippen LogP contribution >= 0.6 is 12.2 Å². The van der Waals surface area contributed by atoms with Gasteiger partial charge in [0.2, 0.25) is 29.5 Å². The summed E-state index contributed by atoms with van der Waals surface area (Å²) in [7, 11) is 0. The van der Waals surface area contributed by atoms with E-state index in [4.69, 9.17) is 40.3 Å². The van der Waals surface area contributed by atoms with Gasteiger partial charge in [0.15, 0.2) is 5.11 Å². The quantitative estimate of drug-likeness (QED) is 0.0302. The number of aliphatic carboxylic acids is 3. The minimum atomic E-state index is -1.54. The Balaban J connectivity index is 1.13. The van der Waals surface area contributed by atoms with Gasteiger partial charge in [-0.15, -0.1) is 0 Å². The lowest BCUT2D eigenvalue weighted by molar-refractivity contribution is -0.141. The maximum Gasteiger partial charge on any atom is 0.326 e. The van der Waals surface area contributed by atoms with Crippen LogP contribution in [0.2, 0.25) is 0 Å². The van der Waals surface area contributed by atoms with Crippen molar-refractivity contribution in [2.45, 2.75) is 95.2 Å². The van der Waals surface area contributed by atoms with Crippen LogP contribution in [0.4, 0.5) is 10.5 Å². The van der Waals surface area contributed by atoms with E-state index in [1.165, 1.54) is 0 Å². The highest BCUT2D eigenvalue weighted by atomic mass is 32.1. The maximum atomic E-state index is 14.0. The molecule has 26 nitrogen and oxygen atoms in total. The number of hydrogen-bond donors (Lipinski definition) is 12. The minimum Gasteiger partial charge on any atom is -0.481 e. The van der Waals surface area contributed by atoms with Gasteiger partial charge >= 0.3 is 23.9 Å². The Hall–Kier alpha value is -7.85. The molecule has 1 aliphatic heterocycles. The summed E-state index contributed by atoms with van der Waals surface area (Å²) in [6, 6.07) is 17.1. The number of carboxylic acid groups (broad SMARTS) is 3. The van der Waals surface area contributed by atoms with Gasteiger partial charge in [0.1, 0.15) is 17.9 Å². The third-order valence-corrected chi connectivity index (χ3v) is 15.6. The number of benzene rings is 3. The van der Waals surface area contributed by atoms with Gasteiger partial charge in [-0.1, -0.05) is 54.6 Å². The molecule has 85 heavy (non-hydrogen) atoms. The van der Waals surface area contributed by atoms with E-state index in [1.54, 1.807) is 0 Å². The smallest absolute Gasteiger partial charge is 0.326 e. The summed E-state index contributed by atoms with van der Waals surface area (Å²) < 4.78 is 0. The number of urea groups is 1. The number of thiocarbonyl (C=S) groups is 1. The van der Waals surface area contributed by atoms with Crippen LogP contribution in [0.25, 0.3) is 10.8 Å². The van der Waals surface area contributed by atoms with Crippen molar-refractivity contribution in [1.29, 1.82) is 0 Å². The number of Topliss-reactive ketones (excluding diaryl/α,β-unsaturated/α-hetero) is 1. The number of nitrogens with two attached hydrogens (primary N) is 4. The number of fused-ring (bicyclic) bond motifs is 1. The highest BCUT2D eigenvalue weighted by Gasteiger charge is 2.32. The molecule has 1 saturated heterocycles. The Morgan fingerprint density at radius 1 is 0.612 bits per heavy atom.